The van der Waals surface area contributed by atoms with Crippen molar-refractivity contribution in [3.8, 4) is 5.75 Å². The lowest BCUT2D eigenvalue weighted by Crippen LogP contribution is -1.91. The smallest absolute Gasteiger partial charge is 0.162 e. The number of fused-ring (bicyclic) bond motifs is 1. The fourth-order valence-electron chi connectivity index (χ4n) is 1.42. The summed E-state index contributed by atoms with van der Waals surface area (Å²) >= 11 is 9.00. The lowest BCUT2D eigenvalue weighted by atomic mass is 10.1. The van der Waals surface area contributed by atoms with Crippen LogP contribution < -0.4 is 4.74 Å². The molecule has 0 spiro atoms. The number of hydrogen-bond acceptors (Lipinski definition) is 1. The summed E-state index contributed by atoms with van der Waals surface area (Å²) < 4.78 is 6.30. The van der Waals surface area contributed by atoms with Crippen LogP contribution in [0.1, 0.15) is 0 Å². The molecule has 0 atom stereocenters. The van der Waals surface area contributed by atoms with Crippen molar-refractivity contribution in [3.05, 3.63) is 40.9 Å². The highest BCUT2D eigenvalue weighted by atomic mass is 79.9. The van der Waals surface area contributed by atoms with E-state index in [-0.39, 0.29) is 6.07 Å². The molecule has 3 heteroatoms. The fourth-order valence-corrected chi connectivity index (χ4v) is 1.99. The van der Waals surface area contributed by atoms with E-state index in [1.165, 1.54) is 0 Å². The van der Waals surface area contributed by atoms with Crippen molar-refractivity contribution < 1.29 is 4.74 Å². The summed E-state index contributed by atoms with van der Waals surface area (Å²) in [6, 6.07) is 12.2. The van der Waals surface area contributed by atoms with Crippen molar-refractivity contribution in [1.82, 2.24) is 0 Å². The van der Waals surface area contributed by atoms with Gasteiger partial charge in [-0.15, -0.1) is 0 Å². The van der Waals surface area contributed by atoms with Gasteiger partial charge in [-0.1, -0.05) is 41.9 Å². The second-order valence-electron chi connectivity index (χ2n) is 2.85. The van der Waals surface area contributed by atoms with Crippen LogP contribution in [-0.4, -0.2) is 6.07 Å². The van der Waals surface area contributed by atoms with Crippen LogP contribution in [0.5, 0.6) is 5.75 Å². The molecule has 0 radical (unpaired) electrons. The lowest BCUT2D eigenvalue weighted by molar-refractivity contribution is 0.390. The molecule has 2 rings (SSSR count). The Labute approximate surface area is 95.8 Å². The number of hydrogen-bond donors (Lipinski definition) is 0. The lowest BCUT2D eigenvalue weighted by Gasteiger charge is -2.08. The summed E-state index contributed by atoms with van der Waals surface area (Å²) in [6.45, 7) is 0. The van der Waals surface area contributed by atoms with E-state index in [0.717, 1.165) is 21.0 Å². The minimum atomic E-state index is 0.159. The zero-order chi connectivity index (χ0) is 9.97. The van der Waals surface area contributed by atoms with E-state index in [1.807, 2.05) is 36.4 Å². The van der Waals surface area contributed by atoms with Gasteiger partial charge in [0.1, 0.15) is 5.75 Å². The van der Waals surface area contributed by atoms with Gasteiger partial charge < -0.3 is 4.74 Å². The highest BCUT2D eigenvalue weighted by Crippen LogP contribution is 2.33. The maximum Gasteiger partial charge on any atom is 0.162 e. The van der Waals surface area contributed by atoms with Crippen LogP contribution in [0.15, 0.2) is 40.9 Å². The summed E-state index contributed by atoms with van der Waals surface area (Å²) in [5.74, 6) is 0.804. The van der Waals surface area contributed by atoms with Gasteiger partial charge in [-0.25, -0.2) is 0 Å². The van der Waals surface area contributed by atoms with Crippen LogP contribution >= 0.6 is 27.5 Å². The van der Waals surface area contributed by atoms with E-state index in [1.54, 1.807) is 0 Å². The number of benzene rings is 2. The molecule has 0 aliphatic carbocycles. The first-order valence-electron chi connectivity index (χ1n) is 4.19. The van der Waals surface area contributed by atoms with E-state index in [4.69, 9.17) is 16.3 Å². The van der Waals surface area contributed by atoms with E-state index >= 15 is 0 Å². The highest BCUT2D eigenvalue weighted by Gasteiger charge is 2.05. The van der Waals surface area contributed by atoms with Crippen LogP contribution in [0.3, 0.4) is 0 Å². The maximum absolute atomic E-state index is 5.57. The third-order valence-corrected chi connectivity index (χ3v) is 2.76. The third-order valence-electron chi connectivity index (χ3n) is 2.03. The summed E-state index contributed by atoms with van der Waals surface area (Å²) in [7, 11) is 0. The average molecular weight is 272 g/mol. The van der Waals surface area contributed by atoms with Crippen LogP contribution in [0, 0.1) is 0 Å². The molecule has 0 aliphatic heterocycles. The number of halogens is 2. The molecule has 0 aromatic heterocycles. The molecule has 0 aliphatic rings. The molecule has 0 saturated carbocycles. The topological polar surface area (TPSA) is 9.23 Å². The summed E-state index contributed by atoms with van der Waals surface area (Å²) in [5.41, 5.74) is 0. The Balaban J connectivity index is 2.69. The molecule has 0 N–H and O–H groups in total. The molecule has 0 heterocycles. The van der Waals surface area contributed by atoms with Gasteiger partial charge in [0.05, 0.1) is 4.47 Å². The molecule has 0 bridgehead atoms. The molecule has 0 amide bonds. The summed E-state index contributed by atoms with van der Waals surface area (Å²) in [5, 5.41) is 2.22. The van der Waals surface area contributed by atoms with Crippen molar-refractivity contribution in [2.75, 3.05) is 6.07 Å². The first kappa shape index (κ1) is 9.81. The summed E-state index contributed by atoms with van der Waals surface area (Å²) in [4.78, 5) is 0. The molecule has 14 heavy (non-hydrogen) atoms. The minimum absolute atomic E-state index is 0.159. The molecule has 2 aromatic rings. The van der Waals surface area contributed by atoms with Gasteiger partial charge in [-0.05, 0) is 27.4 Å². The van der Waals surface area contributed by atoms with Gasteiger partial charge in [0.25, 0.3) is 0 Å². The van der Waals surface area contributed by atoms with Gasteiger partial charge >= 0.3 is 0 Å². The third kappa shape index (κ3) is 1.72. The number of rotatable bonds is 2. The Kier molecular flexibility index (Phi) is 2.94. The van der Waals surface area contributed by atoms with Gasteiger partial charge in [0.15, 0.2) is 6.07 Å². The van der Waals surface area contributed by atoms with Crippen molar-refractivity contribution in [2.45, 2.75) is 0 Å². The molecule has 1 nitrogen and oxygen atoms in total. The second kappa shape index (κ2) is 4.20. The van der Waals surface area contributed by atoms with Crippen molar-refractivity contribution >= 4 is 38.3 Å². The summed E-state index contributed by atoms with van der Waals surface area (Å²) in [6.07, 6.45) is 0. The zero-order valence-corrected chi connectivity index (χ0v) is 9.68. The van der Waals surface area contributed by atoms with Crippen molar-refractivity contribution in [2.24, 2.45) is 0 Å². The number of ether oxygens (including phenoxy) is 1. The Morgan fingerprint density at radius 2 is 1.93 bits per heavy atom. The van der Waals surface area contributed by atoms with Gasteiger partial charge in [0.2, 0.25) is 0 Å². The largest absolute Gasteiger partial charge is 0.476 e. The number of alkyl halides is 1. The zero-order valence-electron chi connectivity index (χ0n) is 7.34. The Hall–Kier alpha value is -0.730. The van der Waals surface area contributed by atoms with Crippen LogP contribution in [-0.2, 0) is 0 Å². The predicted octanol–water partition coefficient (Wildman–Crippen LogP) is 4.18. The van der Waals surface area contributed by atoms with Gasteiger partial charge in [-0.3, -0.25) is 0 Å². The molecule has 0 saturated heterocycles. The molecule has 72 valence electrons. The van der Waals surface area contributed by atoms with E-state index in [9.17, 15) is 0 Å². The van der Waals surface area contributed by atoms with Gasteiger partial charge in [0, 0.05) is 5.39 Å². The molecule has 0 fully saturated rings. The van der Waals surface area contributed by atoms with Crippen molar-refractivity contribution in [3.63, 3.8) is 0 Å². The minimum Gasteiger partial charge on any atom is -0.476 e. The average Bonchev–Trinajstić information content (AvgIpc) is 2.23. The van der Waals surface area contributed by atoms with Crippen molar-refractivity contribution in [1.29, 1.82) is 0 Å². The molecular formula is C11H8BrClO. The molecule has 0 unspecified atom stereocenters. The highest BCUT2D eigenvalue weighted by molar-refractivity contribution is 9.10. The quantitative estimate of drug-likeness (QED) is 0.745. The van der Waals surface area contributed by atoms with Gasteiger partial charge in [-0.2, -0.15) is 0 Å². The standard InChI is InChI=1S/C11H8BrClO/c12-10-6-5-8-3-1-2-4-9(8)11(10)14-7-13/h1-6H,7H2. The monoisotopic (exact) mass is 270 g/mol. The Bertz CT molecular complexity index is 456. The van der Waals surface area contributed by atoms with E-state index in [0.29, 0.717) is 0 Å². The predicted molar refractivity (Wildman–Crippen MR) is 63.0 cm³/mol. The van der Waals surface area contributed by atoms with Crippen LogP contribution in [0.2, 0.25) is 0 Å². The molecule has 2 aromatic carbocycles. The van der Waals surface area contributed by atoms with Crippen LogP contribution in [0.25, 0.3) is 10.8 Å². The maximum atomic E-state index is 5.57. The molecular weight excluding hydrogens is 263 g/mol. The first-order valence-corrected chi connectivity index (χ1v) is 5.51. The Morgan fingerprint density at radius 1 is 1.14 bits per heavy atom. The Morgan fingerprint density at radius 3 is 2.71 bits per heavy atom. The van der Waals surface area contributed by atoms with Crippen LogP contribution in [0.4, 0.5) is 0 Å². The SMILES string of the molecule is ClCOc1c(Br)ccc2ccccc12. The first-order chi connectivity index (χ1) is 6.83. The fraction of sp³-hybridized carbons (Fsp3) is 0.0909. The normalized spacial score (nSPS) is 10.4. The second-order valence-corrected chi connectivity index (χ2v) is 3.92. The van der Waals surface area contributed by atoms with E-state index in [2.05, 4.69) is 15.9 Å². The van der Waals surface area contributed by atoms with E-state index < -0.39 is 0 Å².